The molecule has 0 saturated carbocycles. The molecule has 0 radical (unpaired) electrons. The van der Waals surface area contributed by atoms with E-state index in [4.69, 9.17) is 10.5 Å². The second-order valence-corrected chi connectivity index (χ2v) is 7.77. The first-order valence-corrected chi connectivity index (χ1v) is 8.39. The van der Waals surface area contributed by atoms with Crippen LogP contribution in [-0.4, -0.2) is 35.7 Å². The smallest absolute Gasteiger partial charge is 0.330 e. The van der Waals surface area contributed by atoms with Crippen LogP contribution in [0.4, 0.5) is 11.5 Å². The number of carbonyl (C=O) groups is 1. The van der Waals surface area contributed by atoms with Gasteiger partial charge in [0, 0.05) is 26.6 Å². The van der Waals surface area contributed by atoms with Crippen LogP contribution in [0.3, 0.4) is 0 Å². The minimum atomic E-state index is -0.666. The lowest BCUT2D eigenvalue weighted by atomic mass is 9.91. The summed E-state index contributed by atoms with van der Waals surface area (Å²) in [7, 11) is 1.51. The molecule has 0 aromatic carbocycles. The van der Waals surface area contributed by atoms with Gasteiger partial charge in [0.2, 0.25) is 5.91 Å². The Kier molecular flexibility index (Phi) is 6.98. The Hall–Kier alpha value is -2.09. The first-order chi connectivity index (χ1) is 11.5. The molecule has 0 unspecified atom stereocenters. The number of nitrogens with one attached hydrogen (secondary N) is 1. The van der Waals surface area contributed by atoms with Crippen LogP contribution in [0.15, 0.2) is 9.59 Å². The first kappa shape index (κ1) is 21.0. The molecular weight excluding hydrogens is 324 g/mol. The van der Waals surface area contributed by atoms with Crippen LogP contribution in [0.25, 0.3) is 0 Å². The van der Waals surface area contributed by atoms with Crippen molar-refractivity contribution in [3.05, 3.63) is 20.8 Å². The van der Waals surface area contributed by atoms with Crippen LogP contribution in [0.2, 0.25) is 0 Å². The third kappa shape index (κ3) is 5.74. The predicted octanol–water partition coefficient (Wildman–Crippen LogP) is 1.19. The number of rotatable bonds is 7. The van der Waals surface area contributed by atoms with E-state index in [0.717, 1.165) is 0 Å². The zero-order chi connectivity index (χ0) is 19.4. The molecule has 1 amide bonds. The lowest BCUT2D eigenvalue weighted by Gasteiger charge is -2.27. The summed E-state index contributed by atoms with van der Waals surface area (Å²) in [6.07, 6.45) is 0.235. The van der Waals surface area contributed by atoms with Crippen LogP contribution < -0.4 is 21.9 Å². The maximum absolute atomic E-state index is 12.8. The van der Waals surface area contributed by atoms with Crippen LogP contribution in [0.1, 0.15) is 41.0 Å². The number of carbonyl (C=O) groups excluding carboxylic acids is 1. The summed E-state index contributed by atoms with van der Waals surface area (Å²) in [5.74, 6) is -0.0891. The number of aromatic amines is 1. The minimum absolute atomic E-state index is 0.000752. The van der Waals surface area contributed by atoms with Crippen LogP contribution in [0.5, 0.6) is 0 Å². The summed E-state index contributed by atoms with van der Waals surface area (Å²) in [5, 5.41) is 0. The number of H-pyrrole nitrogens is 1. The number of hydrogen-bond acceptors (Lipinski definition) is 5. The number of hydrogen-bond donors (Lipinski definition) is 2. The maximum Gasteiger partial charge on any atom is 0.330 e. The second kappa shape index (κ2) is 8.33. The molecule has 0 spiro atoms. The maximum atomic E-state index is 12.8. The molecule has 0 aliphatic carbocycles. The quantitative estimate of drug-likeness (QED) is 0.764. The van der Waals surface area contributed by atoms with Gasteiger partial charge in [-0.2, -0.15) is 0 Å². The Morgan fingerprint density at radius 2 is 1.92 bits per heavy atom. The Balaban J connectivity index is 3.45. The fourth-order valence-electron chi connectivity index (χ4n) is 2.48. The molecule has 0 atom stereocenters. The molecule has 8 heteroatoms. The Bertz CT molecular complexity index is 713. The van der Waals surface area contributed by atoms with Crippen molar-refractivity contribution in [1.29, 1.82) is 0 Å². The van der Waals surface area contributed by atoms with E-state index in [1.807, 2.05) is 34.6 Å². The molecule has 3 N–H and O–H groups in total. The summed E-state index contributed by atoms with van der Waals surface area (Å²) in [5.41, 5.74) is 4.63. The number of methoxy groups -OCH3 is 1. The molecule has 1 heterocycles. The van der Waals surface area contributed by atoms with Gasteiger partial charge in [0.15, 0.2) is 5.69 Å². The normalized spacial score (nSPS) is 11.8. The van der Waals surface area contributed by atoms with Gasteiger partial charge in [0.25, 0.3) is 5.56 Å². The molecule has 0 bridgehead atoms. The molecule has 1 aromatic rings. The molecule has 0 fully saturated rings. The van der Waals surface area contributed by atoms with Crippen LogP contribution in [0, 0.1) is 11.3 Å². The molecule has 25 heavy (non-hydrogen) atoms. The van der Waals surface area contributed by atoms with Gasteiger partial charge in [-0.25, -0.2) is 4.79 Å². The molecule has 8 nitrogen and oxygen atoms in total. The highest BCUT2D eigenvalue weighted by Gasteiger charge is 2.27. The Labute approximate surface area is 148 Å². The topological polar surface area (TPSA) is 110 Å². The zero-order valence-corrected chi connectivity index (χ0v) is 16.0. The number of nitrogens with zero attached hydrogens (tertiary/aromatic N) is 2. The largest absolute Gasteiger partial charge is 0.383 e. The Morgan fingerprint density at radius 3 is 2.40 bits per heavy atom. The van der Waals surface area contributed by atoms with Gasteiger partial charge in [-0.15, -0.1) is 0 Å². The molecule has 1 rings (SSSR count). The van der Waals surface area contributed by atoms with E-state index in [0.29, 0.717) is 6.54 Å². The number of anilines is 2. The number of aromatic nitrogens is 2. The zero-order valence-electron chi connectivity index (χ0n) is 16.0. The van der Waals surface area contributed by atoms with Crippen molar-refractivity contribution < 1.29 is 9.53 Å². The van der Waals surface area contributed by atoms with Gasteiger partial charge in [-0.1, -0.05) is 34.6 Å². The van der Waals surface area contributed by atoms with E-state index in [-0.39, 0.29) is 48.3 Å². The summed E-state index contributed by atoms with van der Waals surface area (Å²) in [4.78, 5) is 40.8. The van der Waals surface area contributed by atoms with Gasteiger partial charge >= 0.3 is 5.69 Å². The fourth-order valence-corrected chi connectivity index (χ4v) is 2.48. The number of nitrogen functional groups attached to an aromatic ring is 1. The van der Waals surface area contributed by atoms with E-state index >= 15 is 0 Å². The SMILES string of the molecule is COCCN(C(=O)CC(C)(C)C)c1c(N)n(CC(C)C)c(=O)[nH]c1=O. The number of nitrogens with two attached hydrogens (primary N) is 1. The van der Waals surface area contributed by atoms with Crippen molar-refractivity contribution in [3.8, 4) is 0 Å². The summed E-state index contributed by atoms with van der Waals surface area (Å²) in [6, 6.07) is 0. The first-order valence-electron chi connectivity index (χ1n) is 8.39. The third-order valence-corrected chi connectivity index (χ3v) is 3.53. The standard InChI is InChI=1S/C17H30N4O4/c1-11(2)10-21-14(18)13(15(23)19-16(21)24)20(7-8-25-6)12(22)9-17(3,4)5/h11H,7-10,18H2,1-6H3,(H,19,23,24). The van der Waals surface area contributed by atoms with Crippen molar-refractivity contribution in [2.45, 2.75) is 47.6 Å². The van der Waals surface area contributed by atoms with Crippen molar-refractivity contribution >= 4 is 17.4 Å². The summed E-state index contributed by atoms with van der Waals surface area (Å²) in [6.45, 7) is 10.5. The van der Waals surface area contributed by atoms with E-state index in [9.17, 15) is 14.4 Å². The van der Waals surface area contributed by atoms with E-state index in [1.54, 1.807) is 0 Å². The minimum Gasteiger partial charge on any atom is -0.383 e. The monoisotopic (exact) mass is 354 g/mol. The van der Waals surface area contributed by atoms with E-state index in [2.05, 4.69) is 4.98 Å². The lowest BCUT2D eigenvalue weighted by molar-refractivity contribution is -0.120. The van der Waals surface area contributed by atoms with Crippen molar-refractivity contribution in [2.24, 2.45) is 11.3 Å². The van der Waals surface area contributed by atoms with Crippen molar-refractivity contribution in [3.63, 3.8) is 0 Å². The molecule has 1 aromatic heterocycles. The average Bonchev–Trinajstić information content (AvgIpc) is 2.44. The Morgan fingerprint density at radius 1 is 1.32 bits per heavy atom. The highest BCUT2D eigenvalue weighted by Crippen LogP contribution is 2.24. The number of ether oxygens (including phenoxy) is 1. The van der Waals surface area contributed by atoms with Crippen LogP contribution >= 0.6 is 0 Å². The molecule has 0 aliphatic heterocycles. The van der Waals surface area contributed by atoms with Crippen molar-refractivity contribution in [2.75, 3.05) is 30.9 Å². The van der Waals surface area contributed by atoms with Crippen LogP contribution in [-0.2, 0) is 16.1 Å². The second-order valence-electron chi connectivity index (χ2n) is 7.77. The highest BCUT2D eigenvalue weighted by atomic mass is 16.5. The molecule has 142 valence electrons. The van der Waals surface area contributed by atoms with E-state index < -0.39 is 11.2 Å². The summed E-state index contributed by atoms with van der Waals surface area (Å²) < 4.78 is 6.35. The predicted molar refractivity (Wildman–Crippen MR) is 98.9 cm³/mol. The highest BCUT2D eigenvalue weighted by molar-refractivity contribution is 5.95. The van der Waals surface area contributed by atoms with Gasteiger partial charge < -0.3 is 15.4 Å². The van der Waals surface area contributed by atoms with Gasteiger partial charge in [-0.3, -0.25) is 19.1 Å². The van der Waals surface area contributed by atoms with Gasteiger partial charge in [0.05, 0.1) is 6.61 Å². The third-order valence-electron chi connectivity index (χ3n) is 3.53. The van der Waals surface area contributed by atoms with Gasteiger partial charge in [0.1, 0.15) is 5.82 Å². The number of amides is 1. The van der Waals surface area contributed by atoms with E-state index in [1.165, 1.54) is 16.6 Å². The average molecular weight is 354 g/mol. The molecular formula is C17H30N4O4. The van der Waals surface area contributed by atoms with Crippen molar-refractivity contribution in [1.82, 2.24) is 9.55 Å². The molecule has 0 saturated heterocycles. The lowest BCUT2D eigenvalue weighted by Crippen LogP contribution is -2.43. The summed E-state index contributed by atoms with van der Waals surface area (Å²) >= 11 is 0. The van der Waals surface area contributed by atoms with Gasteiger partial charge in [-0.05, 0) is 11.3 Å². The molecule has 0 aliphatic rings. The fraction of sp³-hybridized carbons (Fsp3) is 0.706.